The number of rotatable bonds is 11. The highest BCUT2D eigenvalue weighted by Crippen LogP contribution is 2.45. The van der Waals surface area contributed by atoms with E-state index in [4.69, 9.17) is 23.2 Å². The molecular formula is C32H36Cl2N4O7S. The van der Waals surface area contributed by atoms with Crippen LogP contribution in [0.5, 0.6) is 0 Å². The summed E-state index contributed by atoms with van der Waals surface area (Å²) in [6, 6.07) is 12.9. The summed E-state index contributed by atoms with van der Waals surface area (Å²) in [5.41, 5.74) is -1.20. The highest BCUT2D eigenvalue weighted by atomic mass is 35.5. The topological polar surface area (TPSA) is 156 Å². The first-order chi connectivity index (χ1) is 21.7. The lowest BCUT2D eigenvalue weighted by Crippen LogP contribution is -2.56. The predicted octanol–water partition coefficient (Wildman–Crippen LogP) is 3.61. The SMILES string of the molecule is CC(=O)NC(C)(C)CN1CCN(C(=O)CC2=C(C(=O)O)C(c3c(Cl)cccc3Cl)C(C(=O)O)=C(C[S@](=O)c3ccccc3)N2)CC1. The lowest BCUT2D eigenvalue weighted by Gasteiger charge is -2.39. The van der Waals surface area contributed by atoms with Crippen molar-refractivity contribution in [3.63, 3.8) is 0 Å². The number of carboxylic acid groups (broad SMARTS) is 2. The minimum absolute atomic E-state index is 0.00602. The summed E-state index contributed by atoms with van der Waals surface area (Å²) in [6.45, 7) is 7.69. The predicted molar refractivity (Wildman–Crippen MR) is 175 cm³/mol. The second-order valence-electron chi connectivity index (χ2n) is 11.8. The highest BCUT2D eigenvalue weighted by molar-refractivity contribution is 7.85. The molecule has 2 amide bonds. The molecule has 11 nitrogen and oxygen atoms in total. The Morgan fingerprint density at radius 1 is 0.913 bits per heavy atom. The summed E-state index contributed by atoms with van der Waals surface area (Å²) in [5, 5.41) is 26.8. The van der Waals surface area contributed by atoms with Gasteiger partial charge in [-0.1, -0.05) is 47.5 Å². The van der Waals surface area contributed by atoms with Crippen molar-refractivity contribution in [3.8, 4) is 0 Å². The summed E-state index contributed by atoms with van der Waals surface area (Å²) >= 11 is 13.0. The van der Waals surface area contributed by atoms with Crippen LogP contribution in [0.25, 0.3) is 0 Å². The van der Waals surface area contributed by atoms with Gasteiger partial charge in [0.25, 0.3) is 0 Å². The van der Waals surface area contributed by atoms with E-state index in [1.54, 1.807) is 41.3 Å². The fourth-order valence-electron chi connectivity index (χ4n) is 5.92. The maximum atomic E-state index is 13.7. The van der Waals surface area contributed by atoms with Crippen LogP contribution in [0.3, 0.4) is 0 Å². The number of dihydropyridines is 1. The summed E-state index contributed by atoms with van der Waals surface area (Å²) in [5.74, 6) is -5.16. The maximum absolute atomic E-state index is 13.7. The van der Waals surface area contributed by atoms with Crippen LogP contribution in [0.15, 0.2) is 76.0 Å². The Hall–Kier alpha value is -3.71. The van der Waals surface area contributed by atoms with E-state index in [0.29, 0.717) is 37.6 Å². The molecule has 0 spiro atoms. The third kappa shape index (κ3) is 8.35. The number of halogens is 2. The molecule has 4 N–H and O–H groups in total. The Balaban J connectivity index is 1.68. The third-order valence-corrected chi connectivity index (χ3v) is 9.75. The fraction of sp³-hybridized carbons (Fsp3) is 0.375. The van der Waals surface area contributed by atoms with Gasteiger partial charge in [-0.2, -0.15) is 0 Å². The van der Waals surface area contributed by atoms with E-state index in [-0.39, 0.29) is 62.1 Å². The Morgan fingerprint density at radius 2 is 1.48 bits per heavy atom. The Bertz CT molecular complexity index is 1600. The Morgan fingerprint density at radius 3 is 2.02 bits per heavy atom. The zero-order valence-corrected chi connectivity index (χ0v) is 28.0. The number of aliphatic carboxylic acids is 2. The van der Waals surface area contributed by atoms with E-state index in [2.05, 4.69) is 15.5 Å². The highest BCUT2D eigenvalue weighted by Gasteiger charge is 2.41. The van der Waals surface area contributed by atoms with Crippen LogP contribution in [0.1, 0.15) is 38.7 Å². The van der Waals surface area contributed by atoms with Crippen LogP contribution in [-0.4, -0.2) is 92.0 Å². The number of carbonyl (C=O) groups excluding carboxylic acids is 2. The monoisotopic (exact) mass is 690 g/mol. The molecule has 2 aromatic rings. The zero-order valence-electron chi connectivity index (χ0n) is 25.6. The van der Waals surface area contributed by atoms with Gasteiger partial charge in [0.15, 0.2) is 0 Å². The van der Waals surface area contributed by atoms with Crippen molar-refractivity contribution in [2.24, 2.45) is 0 Å². The molecule has 0 aromatic heterocycles. The molecule has 2 aliphatic heterocycles. The van der Waals surface area contributed by atoms with E-state index in [1.807, 2.05) is 13.8 Å². The van der Waals surface area contributed by atoms with Crippen molar-refractivity contribution in [2.45, 2.75) is 43.5 Å². The van der Waals surface area contributed by atoms with Gasteiger partial charge in [-0.3, -0.25) is 18.7 Å². The first-order valence-corrected chi connectivity index (χ1v) is 16.6. The van der Waals surface area contributed by atoms with Gasteiger partial charge in [-0.05, 0) is 38.1 Å². The van der Waals surface area contributed by atoms with Crippen LogP contribution >= 0.6 is 23.2 Å². The van der Waals surface area contributed by atoms with Crippen LogP contribution in [-0.2, 0) is 30.0 Å². The molecule has 2 heterocycles. The number of carbonyl (C=O) groups is 4. The number of carboxylic acids is 2. The van der Waals surface area contributed by atoms with Gasteiger partial charge in [-0.25, -0.2) is 9.59 Å². The van der Waals surface area contributed by atoms with Crippen molar-refractivity contribution in [2.75, 3.05) is 38.5 Å². The van der Waals surface area contributed by atoms with Gasteiger partial charge in [0.1, 0.15) is 0 Å². The fourth-order valence-corrected chi connectivity index (χ4v) is 7.66. The number of nitrogens with one attached hydrogen (secondary N) is 2. The van der Waals surface area contributed by atoms with Crippen molar-refractivity contribution in [1.82, 2.24) is 20.4 Å². The van der Waals surface area contributed by atoms with Crippen LogP contribution in [0, 0.1) is 0 Å². The number of nitrogens with zero attached hydrogens (tertiary/aromatic N) is 2. The first kappa shape index (κ1) is 35.1. The lowest BCUT2D eigenvalue weighted by molar-refractivity contribution is -0.133. The summed E-state index contributed by atoms with van der Waals surface area (Å²) < 4.78 is 13.4. The molecule has 46 heavy (non-hydrogen) atoms. The van der Waals surface area contributed by atoms with Crippen molar-refractivity contribution in [1.29, 1.82) is 0 Å². The van der Waals surface area contributed by atoms with E-state index in [1.165, 1.54) is 19.1 Å². The first-order valence-electron chi connectivity index (χ1n) is 14.5. The molecule has 246 valence electrons. The number of piperazine rings is 1. The van der Waals surface area contributed by atoms with Gasteiger partial charge in [0.2, 0.25) is 11.8 Å². The molecule has 0 aliphatic carbocycles. The molecule has 2 aromatic carbocycles. The molecule has 0 bridgehead atoms. The van der Waals surface area contributed by atoms with Gasteiger partial charge in [-0.15, -0.1) is 0 Å². The molecule has 2 aliphatic rings. The van der Waals surface area contributed by atoms with Crippen molar-refractivity contribution in [3.05, 3.63) is 86.7 Å². The molecule has 0 radical (unpaired) electrons. The van der Waals surface area contributed by atoms with Crippen LogP contribution < -0.4 is 10.6 Å². The second-order valence-corrected chi connectivity index (χ2v) is 14.1. The number of hydrogen-bond acceptors (Lipinski definition) is 7. The zero-order chi connectivity index (χ0) is 33.8. The minimum Gasteiger partial charge on any atom is -0.478 e. The summed E-state index contributed by atoms with van der Waals surface area (Å²) in [6.07, 6.45) is -0.383. The average Bonchev–Trinajstić information content (AvgIpc) is 2.96. The molecule has 1 fully saturated rings. The maximum Gasteiger partial charge on any atom is 0.334 e. The molecule has 4 rings (SSSR count). The third-order valence-electron chi connectivity index (χ3n) is 7.75. The molecular weight excluding hydrogens is 655 g/mol. The van der Waals surface area contributed by atoms with E-state index >= 15 is 0 Å². The minimum atomic E-state index is -1.72. The number of hydrogen-bond donors (Lipinski definition) is 4. The second kappa shape index (κ2) is 14.8. The standard InChI is InChI=1S/C32H36Cl2N4O7S/c1-19(39)36-32(2,3)18-37-12-14-38(15-13-37)25(40)16-23-27(30(41)42)29(26-21(33)10-7-11-22(26)34)28(31(43)44)24(35-23)17-46(45)20-8-5-4-6-9-20/h4-11,29,35H,12-18H2,1-3H3,(H,36,39)(H,41,42)(H,43,44)/t29?,46-/m0/s1. The van der Waals surface area contributed by atoms with E-state index in [0.717, 1.165) is 0 Å². The van der Waals surface area contributed by atoms with Crippen molar-refractivity contribution < 1.29 is 33.6 Å². The molecule has 2 atom stereocenters. The molecule has 1 saturated heterocycles. The van der Waals surface area contributed by atoms with Crippen molar-refractivity contribution >= 4 is 57.8 Å². The smallest absolute Gasteiger partial charge is 0.334 e. The summed E-state index contributed by atoms with van der Waals surface area (Å²) in [7, 11) is -1.72. The average molecular weight is 692 g/mol. The van der Waals surface area contributed by atoms with Crippen LogP contribution in [0.4, 0.5) is 0 Å². The molecule has 14 heteroatoms. The number of amides is 2. The molecule has 0 saturated carbocycles. The largest absolute Gasteiger partial charge is 0.478 e. The van der Waals surface area contributed by atoms with E-state index < -0.39 is 34.2 Å². The van der Waals surface area contributed by atoms with Gasteiger partial charge in [0, 0.05) is 77.1 Å². The Kier molecular flexibility index (Phi) is 11.3. The van der Waals surface area contributed by atoms with E-state index in [9.17, 15) is 33.6 Å². The number of benzene rings is 2. The Labute approximate surface area is 279 Å². The lowest BCUT2D eigenvalue weighted by atomic mass is 9.79. The quantitative estimate of drug-likeness (QED) is 0.277. The normalized spacial score (nSPS) is 18.2. The molecule has 1 unspecified atom stereocenters. The van der Waals surface area contributed by atoms with Gasteiger partial charge in [0.05, 0.1) is 40.0 Å². The summed E-state index contributed by atoms with van der Waals surface area (Å²) in [4.78, 5) is 55.1. The van der Waals surface area contributed by atoms with Crippen LogP contribution in [0.2, 0.25) is 10.0 Å². The van der Waals surface area contributed by atoms with Gasteiger partial charge >= 0.3 is 11.9 Å². The van der Waals surface area contributed by atoms with Gasteiger partial charge < -0.3 is 25.7 Å².